The second kappa shape index (κ2) is 6.52. The van der Waals surface area contributed by atoms with Crippen molar-refractivity contribution in [1.82, 2.24) is 0 Å². The second-order valence-electron chi connectivity index (χ2n) is 5.92. The summed E-state index contributed by atoms with van der Waals surface area (Å²) in [6.45, 7) is 3.08. The number of fused-ring (bicyclic) bond motifs is 1. The summed E-state index contributed by atoms with van der Waals surface area (Å²) < 4.78 is 11.2. The molecule has 1 aromatic carbocycles. The van der Waals surface area contributed by atoms with Gasteiger partial charge in [0.25, 0.3) is 0 Å². The van der Waals surface area contributed by atoms with E-state index in [1.54, 1.807) is 12.1 Å². The van der Waals surface area contributed by atoms with Crippen LogP contribution < -0.4 is 10.1 Å². The van der Waals surface area contributed by atoms with Gasteiger partial charge in [-0.1, -0.05) is 0 Å². The zero-order valence-corrected chi connectivity index (χ0v) is 12.8. The molecule has 2 aliphatic rings. The summed E-state index contributed by atoms with van der Waals surface area (Å²) in [6, 6.07) is 5.39. The molecular formula is C16H22N2O4. The van der Waals surface area contributed by atoms with Gasteiger partial charge in [0, 0.05) is 36.4 Å². The number of nitro benzene ring substituents is 1. The quantitative estimate of drug-likeness (QED) is 0.667. The number of hydrogen-bond donors (Lipinski definition) is 1. The Morgan fingerprint density at radius 3 is 3.05 bits per heavy atom. The predicted molar refractivity (Wildman–Crippen MR) is 83.4 cm³/mol. The average Bonchev–Trinajstić information content (AvgIpc) is 2.97. The first kappa shape index (κ1) is 15.1. The van der Waals surface area contributed by atoms with E-state index in [9.17, 15) is 10.1 Å². The molecule has 0 bridgehead atoms. The topological polar surface area (TPSA) is 73.6 Å². The number of rotatable bonds is 5. The number of anilines is 1. The summed E-state index contributed by atoms with van der Waals surface area (Å²) >= 11 is 0. The van der Waals surface area contributed by atoms with Crippen LogP contribution in [0.2, 0.25) is 0 Å². The van der Waals surface area contributed by atoms with Crippen molar-refractivity contribution < 1.29 is 14.4 Å². The van der Waals surface area contributed by atoms with E-state index in [1.807, 2.05) is 6.92 Å². The lowest BCUT2D eigenvalue weighted by Crippen LogP contribution is -2.38. The van der Waals surface area contributed by atoms with Crippen LogP contribution in [0.3, 0.4) is 0 Å². The van der Waals surface area contributed by atoms with Gasteiger partial charge in [-0.05, 0) is 38.7 Å². The maximum atomic E-state index is 11.0. The van der Waals surface area contributed by atoms with Gasteiger partial charge in [0.05, 0.1) is 17.6 Å². The Morgan fingerprint density at radius 1 is 1.41 bits per heavy atom. The van der Waals surface area contributed by atoms with Crippen LogP contribution in [0.15, 0.2) is 18.2 Å². The maximum Gasteiger partial charge on any atom is 0.311 e. The highest BCUT2D eigenvalue weighted by molar-refractivity contribution is 5.58. The molecule has 3 rings (SSSR count). The predicted octanol–water partition coefficient (Wildman–Crippen LogP) is 3.36. The van der Waals surface area contributed by atoms with E-state index in [0.29, 0.717) is 30.4 Å². The lowest BCUT2D eigenvalue weighted by Gasteiger charge is -2.34. The molecule has 3 atom stereocenters. The van der Waals surface area contributed by atoms with Crippen LogP contribution in [-0.2, 0) is 4.74 Å². The summed E-state index contributed by atoms with van der Waals surface area (Å²) in [6.07, 6.45) is 4.88. The van der Waals surface area contributed by atoms with Crippen LogP contribution >= 0.6 is 0 Å². The highest BCUT2D eigenvalue weighted by Gasteiger charge is 2.37. The van der Waals surface area contributed by atoms with Crippen molar-refractivity contribution in [3.63, 3.8) is 0 Å². The van der Waals surface area contributed by atoms with E-state index in [-0.39, 0.29) is 5.69 Å². The van der Waals surface area contributed by atoms with E-state index in [0.717, 1.165) is 38.0 Å². The molecule has 1 saturated carbocycles. The molecule has 120 valence electrons. The Bertz CT molecular complexity index is 549. The first-order valence-corrected chi connectivity index (χ1v) is 7.98. The van der Waals surface area contributed by atoms with Gasteiger partial charge in [-0.25, -0.2) is 0 Å². The van der Waals surface area contributed by atoms with Crippen molar-refractivity contribution in [3.05, 3.63) is 28.3 Å². The highest BCUT2D eigenvalue weighted by atomic mass is 16.6. The van der Waals surface area contributed by atoms with E-state index in [1.165, 1.54) is 6.07 Å². The molecule has 2 fully saturated rings. The van der Waals surface area contributed by atoms with E-state index in [4.69, 9.17) is 9.47 Å². The molecular weight excluding hydrogens is 284 g/mol. The number of nitro groups is 1. The third-order valence-corrected chi connectivity index (χ3v) is 4.59. The molecule has 1 aliphatic heterocycles. The zero-order chi connectivity index (χ0) is 15.5. The highest BCUT2D eigenvalue weighted by Crippen LogP contribution is 2.37. The van der Waals surface area contributed by atoms with E-state index < -0.39 is 4.92 Å². The fourth-order valence-corrected chi connectivity index (χ4v) is 3.59. The van der Waals surface area contributed by atoms with Crippen molar-refractivity contribution in [2.45, 2.75) is 44.8 Å². The van der Waals surface area contributed by atoms with Crippen molar-refractivity contribution >= 4 is 11.4 Å². The molecule has 0 amide bonds. The maximum absolute atomic E-state index is 11.0. The van der Waals surface area contributed by atoms with Crippen molar-refractivity contribution in [1.29, 1.82) is 0 Å². The Balaban J connectivity index is 1.77. The van der Waals surface area contributed by atoms with Crippen LogP contribution in [0.4, 0.5) is 11.4 Å². The van der Waals surface area contributed by atoms with E-state index >= 15 is 0 Å². The molecule has 6 heteroatoms. The van der Waals surface area contributed by atoms with Gasteiger partial charge in [-0.15, -0.1) is 0 Å². The Hall–Kier alpha value is -1.82. The van der Waals surface area contributed by atoms with Gasteiger partial charge in [0.1, 0.15) is 0 Å². The molecule has 0 spiro atoms. The molecule has 1 aromatic rings. The molecule has 0 radical (unpaired) electrons. The molecule has 1 heterocycles. The third-order valence-electron chi connectivity index (χ3n) is 4.59. The lowest BCUT2D eigenvalue weighted by molar-refractivity contribution is -0.385. The zero-order valence-electron chi connectivity index (χ0n) is 12.8. The van der Waals surface area contributed by atoms with Crippen LogP contribution in [-0.4, -0.2) is 30.3 Å². The fourth-order valence-electron chi connectivity index (χ4n) is 3.59. The molecule has 1 aliphatic carbocycles. The number of benzene rings is 1. The van der Waals surface area contributed by atoms with Gasteiger partial charge >= 0.3 is 5.69 Å². The van der Waals surface area contributed by atoms with Crippen molar-refractivity contribution in [2.24, 2.45) is 5.92 Å². The molecule has 3 unspecified atom stereocenters. The Morgan fingerprint density at radius 2 is 2.27 bits per heavy atom. The molecule has 22 heavy (non-hydrogen) atoms. The third kappa shape index (κ3) is 3.02. The average molecular weight is 306 g/mol. The normalized spacial score (nSPS) is 27.2. The fraction of sp³-hybridized carbons (Fsp3) is 0.625. The van der Waals surface area contributed by atoms with E-state index in [2.05, 4.69) is 5.32 Å². The minimum absolute atomic E-state index is 0.0121. The first-order valence-electron chi connectivity index (χ1n) is 7.98. The van der Waals surface area contributed by atoms with Crippen LogP contribution in [0.25, 0.3) is 0 Å². The minimum atomic E-state index is -0.407. The van der Waals surface area contributed by atoms with Crippen molar-refractivity contribution in [2.75, 3.05) is 18.5 Å². The first-order chi connectivity index (χ1) is 10.7. The van der Waals surface area contributed by atoms with Gasteiger partial charge in [0.15, 0.2) is 5.75 Å². The second-order valence-corrected chi connectivity index (χ2v) is 5.92. The number of ether oxygens (including phenoxy) is 2. The molecule has 6 nitrogen and oxygen atoms in total. The Labute approximate surface area is 129 Å². The summed E-state index contributed by atoms with van der Waals surface area (Å²) in [5.41, 5.74) is 0.893. The monoisotopic (exact) mass is 306 g/mol. The number of nitrogens with one attached hydrogen (secondary N) is 1. The van der Waals surface area contributed by atoms with Gasteiger partial charge in [-0.2, -0.15) is 0 Å². The van der Waals surface area contributed by atoms with Gasteiger partial charge in [0.2, 0.25) is 0 Å². The smallest absolute Gasteiger partial charge is 0.311 e. The summed E-state index contributed by atoms with van der Waals surface area (Å²) in [5.74, 6) is 0.868. The standard InChI is InChI=1S/C16H22N2O4/c1-2-21-16-10-11(6-7-14(16)18(19)20)17-13-4-3-5-15-12(13)8-9-22-15/h6-7,10,12-13,15,17H,2-5,8-9H2,1H3. The summed E-state index contributed by atoms with van der Waals surface area (Å²) in [4.78, 5) is 10.6. The molecule has 1 saturated heterocycles. The molecule has 0 aromatic heterocycles. The largest absolute Gasteiger partial charge is 0.487 e. The van der Waals surface area contributed by atoms with Crippen LogP contribution in [0.1, 0.15) is 32.6 Å². The van der Waals surface area contributed by atoms with Gasteiger partial charge in [-0.3, -0.25) is 10.1 Å². The summed E-state index contributed by atoms with van der Waals surface area (Å²) in [5, 5.41) is 14.6. The molecule has 1 N–H and O–H groups in total. The number of nitrogens with zero attached hydrogens (tertiary/aromatic N) is 1. The minimum Gasteiger partial charge on any atom is -0.487 e. The van der Waals surface area contributed by atoms with Crippen LogP contribution in [0, 0.1) is 16.0 Å². The van der Waals surface area contributed by atoms with Gasteiger partial charge < -0.3 is 14.8 Å². The van der Waals surface area contributed by atoms with Crippen LogP contribution in [0.5, 0.6) is 5.75 Å². The Kier molecular flexibility index (Phi) is 4.47. The van der Waals surface area contributed by atoms with Crippen molar-refractivity contribution in [3.8, 4) is 5.75 Å². The summed E-state index contributed by atoms with van der Waals surface area (Å²) in [7, 11) is 0. The lowest BCUT2D eigenvalue weighted by atomic mass is 9.81. The SMILES string of the molecule is CCOc1cc(NC2CCCC3OCCC23)ccc1[N+](=O)[O-]. The number of hydrogen-bond acceptors (Lipinski definition) is 5.